The van der Waals surface area contributed by atoms with Crippen molar-refractivity contribution < 1.29 is 22.6 Å². The van der Waals surface area contributed by atoms with Crippen LogP contribution in [0, 0.1) is 0 Å². The second-order valence-electron chi connectivity index (χ2n) is 4.01. The maximum atomic E-state index is 12.0. The Balaban J connectivity index is 3.78. The van der Waals surface area contributed by atoms with Crippen LogP contribution in [0.1, 0.15) is 19.8 Å². The molecule has 8 heteroatoms. The van der Waals surface area contributed by atoms with Gasteiger partial charge in [0.15, 0.2) is 5.96 Å². The maximum absolute atomic E-state index is 12.0. The van der Waals surface area contributed by atoms with Crippen LogP contribution in [-0.4, -0.2) is 58.7 Å². The van der Waals surface area contributed by atoms with E-state index in [1.165, 1.54) is 0 Å². The molecular weight excluding hydrogens is 275 g/mol. The van der Waals surface area contributed by atoms with Gasteiger partial charge in [0.2, 0.25) is 0 Å². The molecule has 20 heavy (non-hydrogen) atoms. The fourth-order valence-corrected chi connectivity index (χ4v) is 1.27. The lowest BCUT2D eigenvalue weighted by Crippen LogP contribution is -2.39. The minimum Gasteiger partial charge on any atom is -0.382 e. The predicted octanol–water partition coefficient (Wildman–Crippen LogP) is 1.55. The van der Waals surface area contributed by atoms with Gasteiger partial charge in [0, 0.05) is 33.4 Å². The zero-order valence-electron chi connectivity index (χ0n) is 12.1. The van der Waals surface area contributed by atoms with E-state index in [0.717, 1.165) is 0 Å². The van der Waals surface area contributed by atoms with Gasteiger partial charge in [-0.3, -0.25) is 4.99 Å². The number of nitrogens with zero attached hydrogens (tertiary/aromatic N) is 1. The van der Waals surface area contributed by atoms with Gasteiger partial charge in [-0.2, -0.15) is 13.2 Å². The molecule has 0 aliphatic carbocycles. The molecule has 0 aliphatic heterocycles. The molecule has 0 aliphatic rings. The van der Waals surface area contributed by atoms with E-state index in [9.17, 15) is 13.2 Å². The topological polar surface area (TPSA) is 54.9 Å². The maximum Gasteiger partial charge on any atom is 0.390 e. The Labute approximate surface area is 117 Å². The lowest BCUT2D eigenvalue weighted by Gasteiger charge is -2.12. The lowest BCUT2D eigenvalue weighted by molar-refractivity contribution is -0.132. The van der Waals surface area contributed by atoms with Crippen molar-refractivity contribution in [2.75, 3.05) is 46.6 Å². The fourth-order valence-electron chi connectivity index (χ4n) is 1.27. The molecule has 0 fully saturated rings. The molecule has 120 valence electrons. The average molecular weight is 299 g/mol. The molecule has 0 heterocycles. The SMILES string of the molecule is CCNC(=NCCCOCCOC)NCCC(F)(F)F. The van der Waals surface area contributed by atoms with Crippen molar-refractivity contribution in [3.63, 3.8) is 0 Å². The number of ether oxygens (including phenoxy) is 2. The smallest absolute Gasteiger partial charge is 0.382 e. The third-order valence-corrected chi connectivity index (χ3v) is 2.19. The van der Waals surface area contributed by atoms with Crippen molar-refractivity contribution in [2.24, 2.45) is 4.99 Å². The molecule has 0 aromatic carbocycles. The summed E-state index contributed by atoms with van der Waals surface area (Å²) < 4.78 is 46.1. The van der Waals surface area contributed by atoms with E-state index in [-0.39, 0.29) is 6.54 Å². The first-order chi connectivity index (χ1) is 9.49. The molecular formula is C12H24F3N3O2. The van der Waals surface area contributed by atoms with Crippen molar-refractivity contribution in [3.05, 3.63) is 0 Å². The molecule has 0 unspecified atom stereocenters. The number of alkyl halides is 3. The summed E-state index contributed by atoms with van der Waals surface area (Å²) in [7, 11) is 1.60. The molecule has 0 aromatic rings. The molecule has 0 radical (unpaired) electrons. The zero-order chi connectivity index (χ0) is 15.3. The number of halogens is 3. The molecule has 0 atom stereocenters. The van der Waals surface area contributed by atoms with E-state index in [1.807, 2.05) is 6.92 Å². The number of nitrogens with one attached hydrogen (secondary N) is 2. The van der Waals surface area contributed by atoms with E-state index >= 15 is 0 Å². The summed E-state index contributed by atoms with van der Waals surface area (Å²) in [5, 5.41) is 5.54. The first-order valence-corrected chi connectivity index (χ1v) is 6.65. The van der Waals surface area contributed by atoms with Crippen molar-refractivity contribution in [3.8, 4) is 0 Å². The fraction of sp³-hybridized carbons (Fsp3) is 0.917. The first kappa shape index (κ1) is 19.0. The van der Waals surface area contributed by atoms with E-state index < -0.39 is 12.6 Å². The highest BCUT2D eigenvalue weighted by molar-refractivity contribution is 5.79. The predicted molar refractivity (Wildman–Crippen MR) is 72.0 cm³/mol. The van der Waals surface area contributed by atoms with Crippen molar-refractivity contribution in [1.82, 2.24) is 10.6 Å². The van der Waals surface area contributed by atoms with Crippen LogP contribution in [0.3, 0.4) is 0 Å². The van der Waals surface area contributed by atoms with Gasteiger partial charge in [-0.25, -0.2) is 0 Å². The zero-order valence-corrected chi connectivity index (χ0v) is 12.1. The van der Waals surface area contributed by atoms with Crippen LogP contribution in [0.4, 0.5) is 13.2 Å². The summed E-state index contributed by atoms with van der Waals surface area (Å²) in [6.07, 6.45) is -4.32. The normalized spacial score (nSPS) is 12.6. The first-order valence-electron chi connectivity index (χ1n) is 6.65. The number of aliphatic imine (C=N–C) groups is 1. The number of hydrogen-bond acceptors (Lipinski definition) is 3. The van der Waals surface area contributed by atoms with Gasteiger partial charge in [-0.05, 0) is 13.3 Å². The Bertz CT molecular complexity index is 261. The molecule has 0 rings (SSSR count). The number of methoxy groups -OCH3 is 1. The molecule has 2 N–H and O–H groups in total. The van der Waals surface area contributed by atoms with Gasteiger partial charge in [-0.1, -0.05) is 0 Å². The summed E-state index contributed by atoms with van der Waals surface area (Å²) in [4.78, 5) is 4.17. The Morgan fingerprint density at radius 2 is 1.90 bits per heavy atom. The Kier molecular flexibility index (Phi) is 11.2. The summed E-state index contributed by atoms with van der Waals surface area (Å²) in [6, 6.07) is 0. The summed E-state index contributed by atoms with van der Waals surface area (Å²) in [6.45, 7) is 4.40. The monoisotopic (exact) mass is 299 g/mol. The van der Waals surface area contributed by atoms with E-state index in [2.05, 4.69) is 15.6 Å². The van der Waals surface area contributed by atoms with Crippen LogP contribution in [0.5, 0.6) is 0 Å². The van der Waals surface area contributed by atoms with E-state index in [4.69, 9.17) is 9.47 Å². The number of guanidine groups is 1. The number of rotatable bonds is 10. The third kappa shape index (κ3) is 13.4. The highest BCUT2D eigenvalue weighted by atomic mass is 19.4. The third-order valence-electron chi connectivity index (χ3n) is 2.19. The van der Waals surface area contributed by atoms with Crippen molar-refractivity contribution >= 4 is 5.96 Å². The Morgan fingerprint density at radius 3 is 2.50 bits per heavy atom. The van der Waals surface area contributed by atoms with E-state index in [0.29, 0.717) is 45.3 Å². The van der Waals surface area contributed by atoms with Crippen LogP contribution in [0.15, 0.2) is 4.99 Å². The van der Waals surface area contributed by atoms with Crippen LogP contribution in [0.25, 0.3) is 0 Å². The molecule has 0 spiro atoms. The second kappa shape index (κ2) is 11.8. The van der Waals surface area contributed by atoms with Gasteiger partial charge < -0.3 is 20.1 Å². The molecule has 0 aromatic heterocycles. The van der Waals surface area contributed by atoms with Crippen LogP contribution < -0.4 is 10.6 Å². The highest BCUT2D eigenvalue weighted by Gasteiger charge is 2.26. The van der Waals surface area contributed by atoms with Crippen LogP contribution >= 0.6 is 0 Å². The largest absolute Gasteiger partial charge is 0.390 e. The number of hydrogen-bond donors (Lipinski definition) is 2. The highest BCUT2D eigenvalue weighted by Crippen LogP contribution is 2.17. The molecule has 5 nitrogen and oxygen atoms in total. The van der Waals surface area contributed by atoms with Crippen molar-refractivity contribution in [2.45, 2.75) is 25.9 Å². The standard InChI is InChI=1S/C12H24F3N3O2/c1-3-16-11(18-7-5-12(13,14)15)17-6-4-8-20-10-9-19-2/h3-10H2,1-2H3,(H2,16,17,18). The van der Waals surface area contributed by atoms with Crippen molar-refractivity contribution in [1.29, 1.82) is 0 Å². The molecule has 0 saturated heterocycles. The van der Waals surface area contributed by atoms with Gasteiger partial charge >= 0.3 is 6.18 Å². The second-order valence-corrected chi connectivity index (χ2v) is 4.01. The summed E-state index contributed by atoms with van der Waals surface area (Å²) >= 11 is 0. The van der Waals surface area contributed by atoms with Crippen LogP contribution in [-0.2, 0) is 9.47 Å². The molecule has 0 bridgehead atoms. The van der Waals surface area contributed by atoms with Gasteiger partial charge in [0.1, 0.15) is 0 Å². The Morgan fingerprint density at radius 1 is 1.15 bits per heavy atom. The van der Waals surface area contributed by atoms with Crippen LogP contribution in [0.2, 0.25) is 0 Å². The minimum absolute atomic E-state index is 0.181. The lowest BCUT2D eigenvalue weighted by atomic mass is 10.4. The van der Waals surface area contributed by atoms with Gasteiger partial charge in [0.05, 0.1) is 19.6 Å². The van der Waals surface area contributed by atoms with E-state index in [1.54, 1.807) is 7.11 Å². The van der Waals surface area contributed by atoms with Gasteiger partial charge in [-0.15, -0.1) is 0 Å². The molecule has 0 saturated carbocycles. The molecule has 0 amide bonds. The quantitative estimate of drug-likeness (QED) is 0.365. The van der Waals surface area contributed by atoms with Gasteiger partial charge in [0.25, 0.3) is 0 Å². The average Bonchev–Trinajstić information content (AvgIpc) is 2.36. The Hall–Kier alpha value is -1.02. The minimum atomic E-state index is -4.15. The summed E-state index contributed by atoms with van der Waals surface area (Å²) in [5.74, 6) is 0.397. The summed E-state index contributed by atoms with van der Waals surface area (Å²) in [5.41, 5.74) is 0.